The number of hydrogen-bond acceptors (Lipinski definition) is 1. The minimum atomic E-state index is -0.851. The molecular formula is C12H9F2N. The summed E-state index contributed by atoms with van der Waals surface area (Å²) >= 11 is 0. The van der Waals surface area contributed by atoms with Crippen LogP contribution < -0.4 is 5.32 Å². The monoisotopic (exact) mass is 205 g/mol. The largest absolute Gasteiger partial charge is 0.355 e. The van der Waals surface area contributed by atoms with Crippen molar-refractivity contribution in [1.82, 2.24) is 0 Å². The smallest absolute Gasteiger partial charge is 0.160 e. The van der Waals surface area contributed by atoms with Gasteiger partial charge in [0.1, 0.15) is 0 Å². The second kappa shape index (κ2) is 4.09. The van der Waals surface area contributed by atoms with Gasteiger partial charge in [0, 0.05) is 17.4 Å². The van der Waals surface area contributed by atoms with Gasteiger partial charge in [-0.1, -0.05) is 18.2 Å². The van der Waals surface area contributed by atoms with E-state index >= 15 is 0 Å². The number of anilines is 2. The van der Waals surface area contributed by atoms with Crippen molar-refractivity contribution in [3.8, 4) is 0 Å². The van der Waals surface area contributed by atoms with Crippen molar-refractivity contribution in [2.45, 2.75) is 0 Å². The van der Waals surface area contributed by atoms with Crippen LogP contribution in [0.3, 0.4) is 0 Å². The van der Waals surface area contributed by atoms with Crippen LogP contribution in [0.1, 0.15) is 0 Å². The number of benzene rings is 2. The lowest BCUT2D eigenvalue weighted by Crippen LogP contribution is -1.92. The van der Waals surface area contributed by atoms with E-state index in [-0.39, 0.29) is 0 Å². The second-order valence-electron chi connectivity index (χ2n) is 3.12. The van der Waals surface area contributed by atoms with Gasteiger partial charge in [-0.15, -0.1) is 0 Å². The highest BCUT2D eigenvalue weighted by Gasteiger charge is 2.01. The summed E-state index contributed by atoms with van der Waals surface area (Å²) in [5, 5.41) is 2.97. The zero-order valence-electron chi connectivity index (χ0n) is 7.87. The maximum atomic E-state index is 12.9. The fraction of sp³-hybridized carbons (Fsp3) is 0. The SMILES string of the molecule is Fc1ccc(Nc2ccccc2)cc1F. The van der Waals surface area contributed by atoms with Gasteiger partial charge in [0.05, 0.1) is 0 Å². The van der Waals surface area contributed by atoms with Gasteiger partial charge in [0.25, 0.3) is 0 Å². The van der Waals surface area contributed by atoms with Gasteiger partial charge in [0.15, 0.2) is 11.6 Å². The Labute approximate surface area is 86.4 Å². The Balaban J connectivity index is 2.22. The normalized spacial score (nSPS) is 10.0. The average molecular weight is 205 g/mol. The molecule has 0 unspecified atom stereocenters. The zero-order chi connectivity index (χ0) is 10.7. The van der Waals surface area contributed by atoms with Crippen molar-refractivity contribution >= 4 is 11.4 Å². The van der Waals surface area contributed by atoms with E-state index in [1.54, 1.807) is 0 Å². The predicted molar refractivity (Wildman–Crippen MR) is 56.1 cm³/mol. The first-order valence-corrected chi connectivity index (χ1v) is 4.53. The molecule has 0 aromatic heterocycles. The van der Waals surface area contributed by atoms with Gasteiger partial charge in [-0.05, 0) is 24.3 Å². The fourth-order valence-electron chi connectivity index (χ4n) is 1.26. The molecule has 0 spiro atoms. The molecule has 1 nitrogen and oxygen atoms in total. The molecule has 0 aliphatic carbocycles. The van der Waals surface area contributed by atoms with Crippen molar-refractivity contribution in [3.05, 3.63) is 60.2 Å². The van der Waals surface area contributed by atoms with Crippen molar-refractivity contribution in [2.75, 3.05) is 5.32 Å². The summed E-state index contributed by atoms with van der Waals surface area (Å²) in [7, 11) is 0. The molecule has 2 aromatic carbocycles. The molecule has 0 heterocycles. The van der Waals surface area contributed by atoms with Crippen molar-refractivity contribution in [3.63, 3.8) is 0 Å². The fourth-order valence-corrected chi connectivity index (χ4v) is 1.26. The molecule has 0 bridgehead atoms. The summed E-state index contributed by atoms with van der Waals surface area (Å²) in [6.45, 7) is 0. The van der Waals surface area contributed by atoms with E-state index in [1.807, 2.05) is 30.3 Å². The van der Waals surface area contributed by atoms with E-state index in [0.717, 1.165) is 17.8 Å². The van der Waals surface area contributed by atoms with Crippen LogP contribution in [0.5, 0.6) is 0 Å². The lowest BCUT2D eigenvalue weighted by atomic mass is 10.2. The zero-order valence-corrected chi connectivity index (χ0v) is 7.87. The number of halogens is 2. The third kappa shape index (κ3) is 2.31. The Kier molecular flexibility index (Phi) is 2.63. The van der Waals surface area contributed by atoms with Crippen LogP contribution in [0, 0.1) is 11.6 Å². The van der Waals surface area contributed by atoms with E-state index in [1.165, 1.54) is 6.07 Å². The number of rotatable bonds is 2. The topological polar surface area (TPSA) is 12.0 Å². The Morgan fingerprint density at radius 3 is 2.13 bits per heavy atom. The first-order valence-electron chi connectivity index (χ1n) is 4.53. The summed E-state index contributed by atoms with van der Waals surface area (Å²) in [4.78, 5) is 0. The van der Waals surface area contributed by atoms with Crippen LogP contribution in [-0.2, 0) is 0 Å². The second-order valence-corrected chi connectivity index (χ2v) is 3.12. The summed E-state index contributed by atoms with van der Waals surface area (Å²) in [5.74, 6) is -1.69. The van der Waals surface area contributed by atoms with Crippen LogP contribution >= 0.6 is 0 Å². The van der Waals surface area contributed by atoms with Gasteiger partial charge in [-0.3, -0.25) is 0 Å². The van der Waals surface area contributed by atoms with Gasteiger partial charge in [-0.2, -0.15) is 0 Å². The predicted octanol–water partition coefficient (Wildman–Crippen LogP) is 3.71. The maximum absolute atomic E-state index is 12.9. The molecule has 2 aromatic rings. The molecule has 76 valence electrons. The molecular weight excluding hydrogens is 196 g/mol. The van der Waals surface area contributed by atoms with E-state index in [2.05, 4.69) is 5.32 Å². The van der Waals surface area contributed by atoms with Crippen LogP contribution in [0.2, 0.25) is 0 Å². The van der Waals surface area contributed by atoms with Crippen molar-refractivity contribution < 1.29 is 8.78 Å². The van der Waals surface area contributed by atoms with Gasteiger partial charge in [0.2, 0.25) is 0 Å². The molecule has 3 heteroatoms. The first-order chi connectivity index (χ1) is 7.25. The Hall–Kier alpha value is -1.90. The number of para-hydroxylation sites is 1. The van der Waals surface area contributed by atoms with Gasteiger partial charge >= 0.3 is 0 Å². The molecule has 0 saturated heterocycles. The molecule has 1 N–H and O–H groups in total. The molecule has 0 atom stereocenters. The molecule has 0 aliphatic rings. The third-order valence-corrected chi connectivity index (χ3v) is 1.98. The highest BCUT2D eigenvalue weighted by Crippen LogP contribution is 2.18. The highest BCUT2D eigenvalue weighted by atomic mass is 19.2. The van der Waals surface area contributed by atoms with Crippen LogP contribution in [0.4, 0.5) is 20.2 Å². The Bertz CT molecular complexity index is 454. The average Bonchev–Trinajstić information content (AvgIpc) is 2.25. The lowest BCUT2D eigenvalue weighted by Gasteiger charge is -2.05. The van der Waals surface area contributed by atoms with Crippen LogP contribution in [-0.4, -0.2) is 0 Å². The summed E-state index contributed by atoms with van der Waals surface area (Å²) in [5.41, 5.74) is 1.36. The Morgan fingerprint density at radius 1 is 0.733 bits per heavy atom. The standard InChI is InChI=1S/C12H9F2N/c13-11-7-6-10(8-12(11)14)15-9-4-2-1-3-5-9/h1-8,15H. The highest BCUT2D eigenvalue weighted by molar-refractivity contribution is 5.59. The van der Waals surface area contributed by atoms with E-state index in [9.17, 15) is 8.78 Å². The van der Waals surface area contributed by atoms with E-state index in [0.29, 0.717) is 5.69 Å². The molecule has 0 saturated carbocycles. The maximum Gasteiger partial charge on any atom is 0.160 e. The molecule has 0 fully saturated rings. The minimum absolute atomic E-state index is 0.528. The quantitative estimate of drug-likeness (QED) is 0.788. The minimum Gasteiger partial charge on any atom is -0.355 e. The van der Waals surface area contributed by atoms with Gasteiger partial charge in [-0.25, -0.2) is 8.78 Å². The summed E-state index contributed by atoms with van der Waals surface area (Å²) in [6, 6.07) is 13.0. The molecule has 0 amide bonds. The number of hydrogen-bond donors (Lipinski definition) is 1. The van der Waals surface area contributed by atoms with E-state index < -0.39 is 11.6 Å². The van der Waals surface area contributed by atoms with Crippen molar-refractivity contribution in [1.29, 1.82) is 0 Å². The lowest BCUT2D eigenvalue weighted by molar-refractivity contribution is 0.509. The molecule has 0 aliphatic heterocycles. The van der Waals surface area contributed by atoms with Crippen LogP contribution in [0.15, 0.2) is 48.5 Å². The Morgan fingerprint density at radius 2 is 1.47 bits per heavy atom. The molecule has 2 rings (SSSR count). The summed E-state index contributed by atoms with van der Waals surface area (Å²) < 4.78 is 25.5. The molecule has 15 heavy (non-hydrogen) atoms. The van der Waals surface area contributed by atoms with E-state index in [4.69, 9.17) is 0 Å². The first kappa shape index (κ1) is 9.65. The number of nitrogens with one attached hydrogen (secondary N) is 1. The molecule has 0 radical (unpaired) electrons. The van der Waals surface area contributed by atoms with Crippen LogP contribution in [0.25, 0.3) is 0 Å². The van der Waals surface area contributed by atoms with Gasteiger partial charge < -0.3 is 5.32 Å². The van der Waals surface area contributed by atoms with Crippen molar-refractivity contribution in [2.24, 2.45) is 0 Å². The third-order valence-electron chi connectivity index (χ3n) is 1.98. The summed E-state index contributed by atoms with van der Waals surface area (Å²) in [6.07, 6.45) is 0.